The molecule has 2 aliphatic rings. The lowest BCUT2D eigenvalue weighted by Gasteiger charge is -2.31. The third kappa shape index (κ3) is 2.26. The SMILES string of the molecule is CC1(C)C(=O)C(=C2Cc3ccccc3N2)C(=N)N1c1cc(O)cc(O)c1. The van der Waals surface area contributed by atoms with Crippen LogP contribution < -0.4 is 10.2 Å². The number of nitrogens with one attached hydrogen (secondary N) is 2. The van der Waals surface area contributed by atoms with E-state index < -0.39 is 5.54 Å². The molecule has 0 saturated carbocycles. The van der Waals surface area contributed by atoms with Crippen LogP contribution in [0.15, 0.2) is 53.7 Å². The average molecular weight is 349 g/mol. The third-order valence-electron chi connectivity index (χ3n) is 4.92. The highest BCUT2D eigenvalue weighted by Crippen LogP contribution is 2.41. The van der Waals surface area contributed by atoms with E-state index in [1.54, 1.807) is 18.7 Å². The zero-order valence-electron chi connectivity index (χ0n) is 14.5. The summed E-state index contributed by atoms with van der Waals surface area (Å²) in [5, 5.41) is 31.5. The minimum atomic E-state index is -1.00. The third-order valence-corrected chi connectivity index (χ3v) is 4.92. The van der Waals surface area contributed by atoms with Crippen molar-refractivity contribution in [3.05, 3.63) is 59.3 Å². The van der Waals surface area contributed by atoms with Crippen molar-refractivity contribution >= 4 is 23.0 Å². The van der Waals surface area contributed by atoms with Gasteiger partial charge < -0.3 is 20.4 Å². The Kier molecular flexibility index (Phi) is 3.34. The second-order valence-corrected chi connectivity index (χ2v) is 7.09. The molecule has 2 aliphatic heterocycles. The number of phenols is 2. The number of anilines is 2. The Labute approximate surface area is 150 Å². The lowest BCUT2D eigenvalue weighted by molar-refractivity contribution is -0.118. The van der Waals surface area contributed by atoms with E-state index in [9.17, 15) is 15.0 Å². The number of hydrogen-bond acceptors (Lipinski definition) is 5. The number of aromatic hydroxyl groups is 2. The Hall–Kier alpha value is -3.28. The van der Waals surface area contributed by atoms with Crippen molar-refractivity contribution in [2.75, 3.05) is 10.2 Å². The summed E-state index contributed by atoms with van der Waals surface area (Å²) in [6, 6.07) is 11.9. The number of hydrogen-bond donors (Lipinski definition) is 4. The fourth-order valence-corrected chi connectivity index (χ4v) is 3.69. The second-order valence-electron chi connectivity index (χ2n) is 7.09. The van der Waals surface area contributed by atoms with E-state index in [1.165, 1.54) is 18.2 Å². The van der Waals surface area contributed by atoms with Gasteiger partial charge in [-0.05, 0) is 25.5 Å². The van der Waals surface area contributed by atoms with Crippen molar-refractivity contribution in [1.29, 1.82) is 5.41 Å². The summed E-state index contributed by atoms with van der Waals surface area (Å²) in [4.78, 5) is 14.7. The number of carbonyl (C=O) groups excluding carboxylic acids is 1. The van der Waals surface area contributed by atoms with Crippen molar-refractivity contribution in [2.45, 2.75) is 25.8 Å². The Morgan fingerprint density at radius 1 is 1.12 bits per heavy atom. The first-order valence-corrected chi connectivity index (χ1v) is 8.34. The molecule has 4 N–H and O–H groups in total. The molecule has 0 atom stereocenters. The number of Topliss-reactive ketones (excluding diaryl/α,β-unsaturated/α-hetero) is 1. The molecule has 0 aliphatic carbocycles. The van der Waals surface area contributed by atoms with Crippen LogP contribution in [0.25, 0.3) is 0 Å². The number of carbonyl (C=O) groups is 1. The fourth-order valence-electron chi connectivity index (χ4n) is 3.69. The van der Waals surface area contributed by atoms with E-state index in [4.69, 9.17) is 5.41 Å². The lowest BCUT2D eigenvalue weighted by Crippen LogP contribution is -2.44. The van der Waals surface area contributed by atoms with Crippen LogP contribution in [0.5, 0.6) is 11.5 Å². The van der Waals surface area contributed by atoms with Crippen LogP contribution in [0.2, 0.25) is 0 Å². The van der Waals surface area contributed by atoms with E-state index in [1.807, 2.05) is 24.3 Å². The number of phenolic OH excluding ortho intramolecular Hbond substituents is 2. The molecular formula is C20H19N3O3. The summed E-state index contributed by atoms with van der Waals surface area (Å²) in [5.74, 6) is -0.354. The van der Waals surface area contributed by atoms with Crippen molar-refractivity contribution in [2.24, 2.45) is 0 Å². The van der Waals surface area contributed by atoms with Crippen LogP contribution in [-0.4, -0.2) is 27.4 Å². The molecule has 0 unspecified atom stereocenters. The highest BCUT2D eigenvalue weighted by Gasteiger charge is 2.49. The topological polar surface area (TPSA) is 96.7 Å². The summed E-state index contributed by atoms with van der Waals surface area (Å²) < 4.78 is 0. The quantitative estimate of drug-likeness (QED) is 0.593. The normalized spacial score (nSPS) is 21.1. The number of nitrogens with zero attached hydrogens (tertiary/aromatic N) is 1. The number of fused-ring (bicyclic) bond motifs is 1. The molecular weight excluding hydrogens is 330 g/mol. The molecule has 132 valence electrons. The van der Waals surface area contributed by atoms with Gasteiger partial charge in [0.1, 0.15) is 22.9 Å². The summed E-state index contributed by atoms with van der Waals surface area (Å²) >= 11 is 0. The van der Waals surface area contributed by atoms with Crippen LogP contribution in [0.4, 0.5) is 11.4 Å². The molecule has 26 heavy (non-hydrogen) atoms. The van der Waals surface area contributed by atoms with Gasteiger partial charge in [0, 0.05) is 36.0 Å². The maximum absolute atomic E-state index is 13.1. The van der Waals surface area contributed by atoms with Crippen molar-refractivity contribution in [3.63, 3.8) is 0 Å². The Balaban J connectivity index is 1.82. The van der Waals surface area contributed by atoms with Crippen LogP contribution in [0.3, 0.4) is 0 Å². The van der Waals surface area contributed by atoms with Gasteiger partial charge in [-0.15, -0.1) is 0 Å². The molecule has 0 amide bonds. The zero-order chi connectivity index (χ0) is 18.6. The molecule has 2 aromatic rings. The maximum atomic E-state index is 13.1. The minimum absolute atomic E-state index is 0.0558. The first-order chi connectivity index (χ1) is 12.3. The fraction of sp³-hybridized carbons (Fsp3) is 0.200. The smallest absolute Gasteiger partial charge is 0.193 e. The van der Waals surface area contributed by atoms with Crippen LogP contribution in [0.1, 0.15) is 19.4 Å². The Morgan fingerprint density at radius 2 is 1.77 bits per heavy atom. The number of ketones is 1. The average Bonchev–Trinajstić information content (AvgIpc) is 3.03. The highest BCUT2D eigenvalue weighted by molar-refractivity contribution is 6.36. The molecule has 0 bridgehead atoms. The summed E-state index contributed by atoms with van der Waals surface area (Å²) in [6.07, 6.45) is 0.564. The van der Waals surface area contributed by atoms with Gasteiger partial charge in [-0.3, -0.25) is 10.2 Å². The molecule has 2 heterocycles. The molecule has 6 heteroatoms. The lowest BCUT2D eigenvalue weighted by atomic mass is 9.96. The van der Waals surface area contributed by atoms with Gasteiger partial charge in [0.15, 0.2) is 5.78 Å². The zero-order valence-corrected chi connectivity index (χ0v) is 14.5. The van der Waals surface area contributed by atoms with Gasteiger partial charge in [-0.2, -0.15) is 0 Å². The van der Waals surface area contributed by atoms with E-state index in [0.29, 0.717) is 23.4 Å². The number of benzene rings is 2. The number of para-hydroxylation sites is 1. The number of rotatable bonds is 1. The van der Waals surface area contributed by atoms with Crippen molar-refractivity contribution in [3.8, 4) is 11.5 Å². The predicted molar refractivity (Wildman–Crippen MR) is 99.9 cm³/mol. The number of amidine groups is 1. The Bertz CT molecular complexity index is 944. The van der Waals surface area contributed by atoms with Crippen LogP contribution >= 0.6 is 0 Å². The minimum Gasteiger partial charge on any atom is -0.508 e. The molecule has 0 radical (unpaired) electrons. The largest absolute Gasteiger partial charge is 0.508 e. The molecule has 6 nitrogen and oxygen atoms in total. The van der Waals surface area contributed by atoms with Crippen molar-refractivity contribution < 1.29 is 15.0 Å². The first kappa shape index (κ1) is 16.2. The standard InChI is InChI=1S/C20H19N3O3/c1-20(2)18(26)17(16-7-11-5-3-4-6-15(11)22-16)19(21)23(20)12-8-13(24)10-14(25)9-12/h3-6,8-10,21-22,24-25H,7H2,1-2H3. The van der Waals surface area contributed by atoms with E-state index >= 15 is 0 Å². The molecule has 0 aromatic heterocycles. The monoisotopic (exact) mass is 349 g/mol. The van der Waals surface area contributed by atoms with Crippen molar-refractivity contribution in [1.82, 2.24) is 0 Å². The highest BCUT2D eigenvalue weighted by atomic mass is 16.3. The van der Waals surface area contributed by atoms with Crippen LogP contribution in [0, 0.1) is 5.41 Å². The maximum Gasteiger partial charge on any atom is 0.193 e. The van der Waals surface area contributed by atoms with Gasteiger partial charge in [0.2, 0.25) is 0 Å². The molecule has 2 aromatic carbocycles. The molecule has 1 fully saturated rings. The van der Waals surface area contributed by atoms with E-state index in [2.05, 4.69) is 5.32 Å². The van der Waals surface area contributed by atoms with Gasteiger partial charge in [0.05, 0.1) is 11.3 Å². The molecule has 0 spiro atoms. The summed E-state index contributed by atoms with van der Waals surface area (Å²) in [6.45, 7) is 3.47. The van der Waals surface area contributed by atoms with E-state index in [0.717, 1.165) is 11.3 Å². The van der Waals surface area contributed by atoms with Gasteiger partial charge in [-0.25, -0.2) is 0 Å². The number of allylic oxidation sites excluding steroid dienone is 1. The first-order valence-electron chi connectivity index (χ1n) is 8.34. The summed E-state index contributed by atoms with van der Waals surface area (Å²) in [7, 11) is 0. The molecule has 1 saturated heterocycles. The predicted octanol–water partition coefficient (Wildman–Crippen LogP) is 3.17. The van der Waals surface area contributed by atoms with Gasteiger partial charge in [0.25, 0.3) is 0 Å². The second kappa shape index (κ2) is 5.36. The van der Waals surface area contributed by atoms with Gasteiger partial charge in [-0.1, -0.05) is 18.2 Å². The van der Waals surface area contributed by atoms with Crippen LogP contribution in [-0.2, 0) is 11.2 Å². The summed E-state index contributed by atoms with van der Waals surface area (Å²) in [5.41, 5.74) is 2.48. The van der Waals surface area contributed by atoms with E-state index in [-0.39, 0.29) is 23.1 Å². The Morgan fingerprint density at radius 3 is 2.42 bits per heavy atom. The molecule has 4 rings (SSSR count). The van der Waals surface area contributed by atoms with Gasteiger partial charge >= 0.3 is 0 Å².